The molecule has 116 valence electrons. The summed E-state index contributed by atoms with van der Waals surface area (Å²) in [5.41, 5.74) is 0. The molecule has 0 aromatic heterocycles. The van der Waals surface area contributed by atoms with Gasteiger partial charge < -0.3 is 9.64 Å². The van der Waals surface area contributed by atoms with Crippen molar-refractivity contribution in [2.75, 3.05) is 25.1 Å². The number of amides is 1. The minimum atomic E-state index is 0.231. The van der Waals surface area contributed by atoms with Crippen LogP contribution in [-0.2, 0) is 9.53 Å². The SMILES string of the molecule is CCCCC1CCC(C(=O)N2CCOCC2CBr)CC1. The lowest BCUT2D eigenvalue weighted by atomic mass is 9.79. The summed E-state index contributed by atoms with van der Waals surface area (Å²) in [6.07, 6.45) is 8.69. The highest BCUT2D eigenvalue weighted by molar-refractivity contribution is 9.09. The Bertz CT molecular complexity index is 303. The minimum absolute atomic E-state index is 0.231. The van der Waals surface area contributed by atoms with Gasteiger partial charge in [-0.25, -0.2) is 0 Å². The molecule has 2 fully saturated rings. The second-order valence-corrected chi connectivity index (χ2v) is 6.92. The lowest BCUT2D eigenvalue weighted by molar-refractivity contribution is -0.144. The Morgan fingerprint density at radius 1 is 1.30 bits per heavy atom. The van der Waals surface area contributed by atoms with Gasteiger partial charge in [-0.2, -0.15) is 0 Å². The number of nitrogens with zero attached hydrogens (tertiary/aromatic N) is 1. The van der Waals surface area contributed by atoms with E-state index in [0.717, 1.165) is 30.6 Å². The summed E-state index contributed by atoms with van der Waals surface area (Å²) in [6, 6.07) is 0.231. The van der Waals surface area contributed by atoms with E-state index in [1.54, 1.807) is 0 Å². The quantitative estimate of drug-likeness (QED) is 0.712. The predicted octanol–water partition coefficient (Wildman–Crippen LogP) is 3.61. The highest BCUT2D eigenvalue weighted by Gasteiger charge is 2.33. The van der Waals surface area contributed by atoms with Crippen LogP contribution in [0.3, 0.4) is 0 Å². The molecule has 0 aromatic carbocycles. The topological polar surface area (TPSA) is 29.5 Å². The number of morpholine rings is 1. The third kappa shape index (κ3) is 4.20. The minimum Gasteiger partial charge on any atom is -0.377 e. The maximum atomic E-state index is 12.7. The van der Waals surface area contributed by atoms with E-state index in [1.807, 2.05) is 0 Å². The zero-order chi connectivity index (χ0) is 14.4. The lowest BCUT2D eigenvalue weighted by Gasteiger charge is -2.38. The Balaban J connectivity index is 1.81. The first-order chi connectivity index (χ1) is 9.76. The summed E-state index contributed by atoms with van der Waals surface area (Å²) in [6.45, 7) is 4.41. The molecule has 1 aliphatic carbocycles. The van der Waals surface area contributed by atoms with Crippen LogP contribution in [0.15, 0.2) is 0 Å². The first-order valence-corrected chi connectivity index (χ1v) is 9.32. The highest BCUT2D eigenvalue weighted by Crippen LogP contribution is 2.33. The Labute approximate surface area is 131 Å². The van der Waals surface area contributed by atoms with Crippen LogP contribution < -0.4 is 0 Å². The van der Waals surface area contributed by atoms with E-state index in [1.165, 1.54) is 32.1 Å². The van der Waals surface area contributed by atoms with Crippen LogP contribution in [0.4, 0.5) is 0 Å². The molecule has 0 radical (unpaired) electrons. The Kier molecular flexibility index (Phi) is 6.82. The number of hydrogen-bond donors (Lipinski definition) is 0. The van der Waals surface area contributed by atoms with Gasteiger partial charge >= 0.3 is 0 Å². The molecule has 1 amide bonds. The fourth-order valence-electron chi connectivity index (χ4n) is 3.50. The first-order valence-electron chi connectivity index (χ1n) is 8.20. The number of ether oxygens (including phenoxy) is 1. The molecule has 3 nitrogen and oxygen atoms in total. The van der Waals surface area contributed by atoms with Crippen LogP contribution >= 0.6 is 15.9 Å². The van der Waals surface area contributed by atoms with Crippen molar-refractivity contribution in [3.05, 3.63) is 0 Å². The average molecular weight is 346 g/mol. The molecular formula is C16H28BrNO2. The molecule has 0 N–H and O–H groups in total. The molecule has 0 aromatic rings. The van der Waals surface area contributed by atoms with Crippen molar-refractivity contribution < 1.29 is 9.53 Å². The second kappa shape index (κ2) is 8.38. The number of alkyl halides is 1. The number of halogens is 1. The predicted molar refractivity (Wildman–Crippen MR) is 85.1 cm³/mol. The summed E-state index contributed by atoms with van der Waals surface area (Å²) in [7, 11) is 0. The van der Waals surface area contributed by atoms with Crippen LogP contribution in [0.2, 0.25) is 0 Å². The lowest BCUT2D eigenvalue weighted by Crippen LogP contribution is -2.51. The molecule has 1 atom stereocenters. The van der Waals surface area contributed by atoms with E-state index in [4.69, 9.17) is 4.74 Å². The molecular weight excluding hydrogens is 318 g/mol. The zero-order valence-electron chi connectivity index (χ0n) is 12.7. The molecule has 0 spiro atoms. The monoisotopic (exact) mass is 345 g/mol. The van der Waals surface area contributed by atoms with Gasteiger partial charge in [0, 0.05) is 17.8 Å². The van der Waals surface area contributed by atoms with E-state index in [-0.39, 0.29) is 12.0 Å². The average Bonchev–Trinajstić information content (AvgIpc) is 2.52. The van der Waals surface area contributed by atoms with Crippen molar-refractivity contribution in [2.45, 2.75) is 57.9 Å². The summed E-state index contributed by atoms with van der Waals surface area (Å²) in [5, 5.41) is 0.824. The van der Waals surface area contributed by atoms with Gasteiger partial charge in [-0.05, 0) is 31.6 Å². The molecule has 20 heavy (non-hydrogen) atoms. The molecule has 1 saturated heterocycles. The molecule has 1 saturated carbocycles. The fraction of sp³-hybridized carbons (Fsp3) is 0.938. The highest BCUT2D eigenvalue weighted by atomic mass is 79.9. The van der Waals surface area contributed by atoms with Gasteiger partial charge in [0.2, 0.25) is 5.91 Å². The Morgan fingerprint density at radius 3 is 2.70 bits per heavy atom. The van der Waals surface area contributed by atoms with Gasteiger partial charge in [0.05, 0.1) is 19.3 Å². The van der Waals surface area contributed by atoms with Crippen LogP contribution in [0, 0.1) is 11.8 Å². The van der Waals surface area contributed by atoms with Crippen LogP contribution in [0.5, 0.6) is 0 Å². The van der Waals surface area contributed by atoms with E-state index in [0.29, 0.717) is 19.1 Å². The largest absolute Gasteiger partial charge is 0.377 e. The third-order valence-electron chi connectivity index (χ3n) is 4.85. The van der Waals surface area contributed by atoms with Gasteiger partial charge in [-0.3, -0.25) is 4.79 Å². The molecule has 1 heterocycles. The molecule has 2 rings (SSSR count). The number of rotatable bonds is 5. The van der Waals surface area contributed by atoms with Gasteiger partial charge in [0.1, 0.15) is 0 Å². The number of unbranched alkanes of at least 4 members (excludes halogenated alkanes) is 1. The Hall–Kier alpha value is -0.0900. The van der Waals surface area contributed by atoms with Gasteiger partial charge in [-0.15, -0.1) is 0 Å². The van der Waals surface area contributed by atoms with E-state index >= 15 is 0 Å². The summed E-state index contributed by atoms with van der Waals surface area (Å²) < 4.78 is 5.48. The van der Waals surface area contributed by atoms with Crippen LogP contribution in [0.1, 0.15) is 51.9 Å². The molecule has 1 aliphatic heterocycles. The summed E-state index contributed by atoms with van der Waals surface area (Å²) >= 11 is 3.51. The number of hydrogen-bond acceptors (Lipinski definition) is 2. The van der Waals surface area contributed by atoms with E-state index in [9.17, 15) is 4.79 Å². The summed E-state index contributed by atoms with van der Waals surface area (Å²) in [5.74, 6) is 1.52. The smallest absolute Gasteiger partial charge is 0.226 e. The summed E-state index contributed by atoms with van der Waals surface area (Å²) in [4.78, 5) is 14.8. The van der Waals surface area contributed by atoms with Gasteiger partial charge in [-0.1, -0.05) is 42.1 Å². The normalized spacial score (nSPS) is 31.3. The van der Waals surface area contributed by atoms with Crippen molar-refractivity contribution >= 4 is 21.8 Å². The number of carbonyl (C=O) groups excluding carboxylic acids is 1. The third-order valence-corrected chi connectivity index (χ3v) is 5.60. The molecule has 0 bridgehead atoms. The molecule has 2 aliphatic rings. The van der Waals surface area contributed by atoms with E-state index < -0.39 is 0 Å². The van der Waals surface area contributed by atoms with Crippen molar-refractivity contribution in [2.24, 2.45) is 11.8 Å². The van der Waals surface area contributed by atoms with Crippen molar-refractivity contribution in [3.63, 3.8) is 0 Å². The first kappa shape index (κ1) is 16.3. The van der Waals surface area contributed by atoms with Gasteiger partial charge in [0.25, 0.3) is 0 Å². The van der Waals surface area contributed by atoms with E-state index in [2.05, 4.69) is 27.8 Å². The van der Waals surface area contributed by atoms with Crippen molar-refractivity contribution in [1.82, 2.24) is 4.90 Å². The maximum Gasteiger partial charge on any atom is 0.226 e. The van der Waals surface area contributed by atoms with Crippen molar-refractivity contribution in [1.29, 1.82) is 0 Å². The fourth-order valence-corrected chi connectivity index (χ4v) is 4.03. The molecule has 4 heteroatoms. The van der Waals surface area contributed by atoms with Crippen LogP contribution in [0.25, 0.3) is 0 Å². The zero-order valence-corrected chi connectivity index (χ0v) is 14.2. The Morgan fingerprint density at radius 2 is 2.05 bits per heavy atom. The second-order valence-electron chi connectivity index (χ2n) is 6.27. The maximum absolute atomic E-state index is 12.7. The van der Waals surface area contributed by atoms with Crippen LogP contribution in [-0.4, -0.2) is 41.9 Å². The molecule has 1 unspecified atom stereocenters. The standard InChI is InChI=1S/C16H28BrNO2/c1-2-3-4-13-5-7-14(8-6-13)16(19)18-9-10-20-12-15(18)11-17/h13-15H,2-12H2,1H3. The number of carbonyl (C=O) groups is 1. The van der Waals surface area contributed by atoms with Gasteiger partial charge in [0.15, 0.2) is 0 Å². The van der Waals surface area contributed by atoms with Crippen molar-refractivity contribution in [3.8, 4) is 0 Å².